The molecule has 6 heteroatoms. The Balaban J connectivity index is 1.64. The second kappa shape index (κ2) is 8.43. The van der Waals surface area contributed by atoms with E-state index in [1.807, 2.05) is 31.2 Å². The standard InChI is InChI=1S/C17H18N2O4/c1-13-6-5-9-15(10-13)23-12-17(21)19-18-16(20)11-22-14-7-3-2-4-8-14/h2-10H,11-12H2,1H3,(H,18,20)(H,19,21). The predicted molar refractivity (Wildman–Crippen MR) is 84.9 cm³/mol. The van der Waals surface area contributed by atoms with Crippen molar-refractivity contribution in [2.75, 3.05) is 13.2 Å². The first-order valence-electron chi connectivity index (χ1n) is 7.08. The van der Waals surface area contributed by atoms with Gasteiger partial charge >= 0.3 is 0 Å². The fourth-order valence-electron chi connectivity index (χ4n) is 1.73. The van der Waals surface area contributed by atoms with Crippen LogP contribution in [-0.2, 0) is 9.59 Å². The Morgan fingerprint density at radius 1 is 0.826 bits per heavy atom. The van der Waals surface area contributed by atoms with E-state index in [4.69, 9.17) is 9.47 Å². The van der Waals surface area contributed by atoms with Crippen molar-refractivity contribution in [3.8, 4) is 11.5 Å². The van der Waals surface area contributed by atoms with E-state index < -0.39 is 11.8 Å². The van der Waals surface area contributed by atoms with Crippen molar-refractivity contribution in [1.82, 2.24) is 10.9 Å². The summed E-state index contributed by atoms with van der Waals surface area (Å²) in [6, 6.07) is 16.3. The molecule has 0 spiro atoms. The summed E-state index contributed by atoms with van der Waals surface area (Å²) >= 11 is 0. The summed E-state index contributed by atoms with van der Waals surface area (Å²) in [4.78, 5) is 23.1. The maximum absolute atomic E-state index is 11.6. The van der Waals surface area contributed by atoms with Crippen LogP contribution in [0.25, 0.3) is 0 Å². The van der Waals surface area contributed by atoms with Crippen molar-refractivity contribution in [3.63, 3.8) is 0 Å². The Bertz CT molecular complexity index is 659. The van der Waals surface area contributed by atoms with Gasteiger partial charge in [0.15, 0.2) is 13.2 Å². The average Bonchev–Trinajstić information content (AvgIpc) is 2.57. The van der Waals surface area contributed by atoms with Crippen LogP contribution in [0.15, 0.2) is 54.6 Å². The minimum absolute atomic E-state index is 0.191. The van der Waals surface area contributed by atoms with Gasteiger partial charge in [0.05, 0.1) is 0 Å². The number of para-hydroxylation sites is 1. The van der Waals surface area contributed by atoms with Crippen LogP contribution in [-0.4, -0.2) is 25.0 Å². The Labute approximate surface area is 134 Å². The molecular formula is C17H18N2O4. The summed E-state index contributed by atoms with van der Waals surface area (Å²) in [6.07, 6.45) is 0. The lowest BCUT2D eigenvalue weighted by atomic mass is 10.2. The molecule has 0 aliphatic heterocycles. The third kappa shape index (κ3) is 6.09. The smallest absolute Gasteiger partial charge is 0.276 e. The fourth-order valence-corrected chi connectivity index (χ4v) is 1.73. The molecule has 2 rings (SSSR count). The van der Waals surface area contributed by atoms with Crippen molar-refractivity contribution in [3.05, 3.63) is 60.2 Å². The summed E-state index contributed by atoms with van der Waals surface area (Å²) in [7, 11) is 0. The van der Waals surface area contributed by atoms with Gasteiger partial charge in [-0.3, -0.25) is 20.4 Å². The molecule has 0 radical (unpaired) electrons. The summed E-state index contributed by atoms with van der Waals surface area (Å²) in [5.74, 6) is 0.257. The molecule has 0 atom stereocenters. The topological polar surface area (TPSA) is 76.7 Å². The zero-order valence-corrected chi connectivity index (χ0v) is 12.7. The molecule has 6 nitrogen and oxygen atoms in total. The molecule has 0 aliphatic rings. The van der Waals surface area contributed by atoms with Gasteiger partial charge in [-0.05, 0) is 36.8 Å². The lowest BCUT2D eigenvalue weighted by Crippen LogP contribution is -2.45. The van der Waals surface area contributed by atoms with Crippen LogP contribution < -0.4 is 20.3 Å². The molecule has 120 valence electrons. The van der Waals surface area contributed by atoms with Gasteiger partial charge in [-0.15, -0.1) is 0 Å². The highest BCUT2D eigenvalue weighted by Gasteiger charge is 2.06. The minimum atomic E-state index is -0.460. The van der Waals surface area contributed by atoms with Gasteiger partial charge in [-0.1, -0.05) is 30.3 Å². The van der Waals surface area contributed by atoms with Gasteiger partial charge in [-0.2, -0.15) is 0 Å². The molecule has 0 bridgehead atoms. The molecule has 0 saturated heterocycles. The van der Waals surface area contributed by atoms with E-state index in [1.54, 1.807) is 30.3 Å². The molecule has 23 heavy (non-hydrogen) atoms. The molecule has 0 unspecified atom stereocenters. The number of rotatable bonds is 6. The second-order valence-corrected chi connectivity index (χ2v) is 4.80. The highest BCUT2D eigenvalue weighted by atomic mass is 16.5. The van der Waals surface area contributed by atoms with Crippen LogP contribution in [0.3, 0.4) is 0 Å². The SMILES string of the molecule is Cc1cccc(OCC(=O)NNC(=O)COc2ccccc2)c1. The summed E-state index contributed by atoms with van der Waals surface area (Å²) in [5.41, 5.74) is 5.55. The lowest BCUT2D eigenvalue weighted by molar-refractivity contribution is -0.131. The van der Waals surface area contributed by atoms with E-state index in [9.17, 15) is 9.59 Å². The van der Waals surface area contributed by atoms with E-state index in [2.05, 4.69) is 10.9 Å². The number of ether oxygens (including phenoxy) is 2. The fraction of sp³-hybridized carbons (Fsp3) is 0.176. The van der Waals surface area contributed by atoms with Gasteiger partial charge in [0, 0.05) is 0 Å². The molecule has 2 aromatic carbocycles. The maximum Gasteiger partial charge on any atom is 0.276 e. The number of aryl methyl sites for hydroxylation is 1. The van der Waals surface area contributed by atoms with Crippen molar-refractivity contribution >= 4 is 11.8 Å². The molecule has 0 fully saturated rings. The highest BCUT2D eigenvalue weighted by molar-refractivity contribution is 5.83. The zero-order valence-electron chi connectivity index (χ0n) is 12.7. The number of nitrogens with one attached hydrogen (secondary N) is 2. The van der Waals surface area contributed by atoms with Crippen LogP contribution in [0.1, 0.15) is 5.56 Å². The van der Waals surface area contributed by atoms with E-state index >= 15 is 0 Å². The molecule has 0 heterocycles. The quantitative estimate of drug-likeness (QED) is 0.794. The molecule has 0 aliphatic carbocycles. The Kier molecular flexibility index (Phi) is 5.99. The molecule has 2 aromatic rings. The first-order valence-corrected chi connectivity index (χ1v) is 7.08. The number of hydrogen-bond acceptors (Lipinski definition) is 4. The minimum Gasteiger partial charge on any atom is -0.484 e. The van der Waals surface area contributed by atoms with Gasteiger partial charge in [0.2, 0.25) is 0 Å². The van der Waals surface area contributed by atoms with E-state index in [0.717, 1.165) is 5.56 Å². The first kappa shape index (κ1) is 16.4. The largest absolute Gasteiger partial charge is 0.484 e. The third-order valence-corrected chi connectivity index (χ3v) is 2.81. The van der Waals surface area contributed by atoms with Gasteiger partial charge < -0.3 is 9.47 Å². The van der Waals surface area contributed by atoms with E-state index in [0.29, 0.717) is 11.5 Å². The molecule has 2 N–H and O–H groups in total. The first-order chi connectivity index (χ1) is 11.1. The maximum atomic E-state index is 11.6. The van der Waals surface area contributed by atoms with Gasteiger partial charge in [-0.25, -0.2) is 0 Å². The van der Waals surface area contributed by atoms with Crippen molar-refractivity contribution in [1.29, 1.82) is 0 Å². The number of hydrazine groups is 1. The van der Waals surface area contributed by atoms with Crippen LogP contribution >= 0.6 is 0 Å². The van der Waals surface area contributed by atoms with E-state index in [1.165, 1.54) is 0 Å². The number of hydrogen-bond donors (Lipinski definition) is 2. The van der Waals surface area contributed by atoms with Crippen LogP contribution in [0.5, 0.6) is 11.5 Å². The lowest BCUT2D eigenvalue weighted by Gasteiger charge is -2.10. The van der Waals surface area contributed by atoms with E-state index in [-0.39, 0.29) is 13.2 Å². The molecule has 2 amide bonds. The third-order valence-electron chi connectivity index (χ3n) is 2.81. The van der Waals surface area contributed by atoms with Gasteiger partial charge in [0.1, 0.15) is 11.5 Å². The normalized spacial score (nSPS) is 9.78. The van der Waals surface area contributed by atoms with Crippen LogP contribution in [0.2, 0.25) is 0 Å². The molecule has 0 saturated carbocycles. The monoisotopic (exact) mass is 314 g/mol. The summed E-state index contributed by atoms with van der Waals surface area (Å²) < 4.78 is 10.6. The Hall–Kier alpha value is -3.02. The number of carbonyl (C=O) groups excluding carboxylic acids is 2. The average molecular weight is 314 g/mol. The summed E-state index contributed by atoms with van der Waals surface area (Å²) in [6.45, 7) is 1.55. The second-order valence-electron chi connectivity index (χ2n) is 4.80. The zero-order chi connectivity index (χ0) is 16.5. The number of carbonyl (C=O) groups is 2. The van der Waals surface area contributed by atoms with Gasteiger partial charge in [0.25, 0.3) is 11.8 Å². The summed E-state index contributed by atoms with van der Waals surface area (Å²) in [5, 5.41) is 0. The molecular weight excluding hydrogens is 296 g/mol. The number of benzene rings is 2. The van der Waals surface area contributed by atoms with Crippen molar-refractivity contribution in [2.45, 2.75) is 6.92 Å². The number of amides is 2. The van der Waals surface area contributed by atoms with Crippen LogP contribution in [0, 0.1) is 6.92 Å². The molecule has 0 aromatic heterocycles. The van der Waals surface area contributed by atoms with Crippen molar-refractivity contribution < 1.29 is 19.1 Å². The highest BCUT2D eigenvalue weighted by Crippen LogP contribution is 2.11. The van der Waals surface area contributed by atoms with Crippen molar-refractivity contribution in [2.24, 2.45) is 0 Å². The Morgan fingerprint density at radius 2 is 1.39 bits per heavy atom. The van der Waals surface area contributed by atoms with Crippen LogP contribution in [0.4, 0.5) is 0 Å². The Morgan fingerprint density at radius 3 is 2.00 bits per heavy atom. The predicted octanol–water partition coefficient (Wildman–Crippen LogP) is 1.60.